The molecule has 194 valence electrons. The van der Waals surface area contributed by atoms with Gasteiger partial charge in [-0.3, -0.25) is 9.59 Å². The summed E-state index contributed by atoms with van der Waals surface area (Å²) < 4.78 is 14.1. The van der Waals surface area contributed by atoms with Crippen LogP contribution >= 0.6 is 11.8 Å². The number of benzene rings is 3. The zero-order valence-electron chi connectivity index (χ0n) is 21.4. The van der Waals surface area contributed by atoms with Gasteiger partial charge in [-0.2, -0.15) is 0 Å². The molecule has 3 aromatic carbocycles. The maximum absolute atomic E-state index is 12.3. The molecular weight excluding hydrogens is 500 g/mol. The van der Waals surface area contributed by atoms with Crippen molar-refractivity contribution in [1.29, 1.82) is 5.41 Å². The second kappa shape index (κ2) is 10.3. The molecule has 3 N–H and O–H groups in total. The van der Waals surface area contributed by atoms with Crippen LogP contribution in [0.5, 0.6) is 17.2 Å². The van der Waals surface area contributed by atoms with Crippen molar-refractivity contribution in [2.75, 3.05) is 5.73 Å². The van der Waals surface area contributed by atoms with Crippen LogP contribution in [0.2, 0.25) is 0 Å². The number of hydrogen-bond acceptors (Lipinski definition) is 8. The lowest BCUT2D eigenvalue weighted by Gasteiger charge is -2.11. The highest BCUT2D eigenvalue weighted by atomic mass is 32.2. The number of nitrogens with two attached hydrogens (primary N) is 1. The average Bonchev–Trinajstić information content (AvgIpc) is 3.35. The van der Waals surface area contributed by atoms with Crippen molar-refractivity contribution in [2.45, 2.75) is 32.1 Å². The molecule has 1 fully saturated rings. The number of Topliss-reactive ketones (excluding diaryl/α,β-unsaturated/α-hetero) is 1. The highest BCUT2D eigenvalue weighted by Crippen LogP contribution is 2.32. The Morgan fingerprint density at radius 1 is 1.03 bits per heavy atom. The largest absolute Gasteiger partial charge is 0.486 e. The highest BCUT2D eigenvalue weighted by Gasteiger charge is 2.40. The Morgan fingerprint density at radius 2 is 1.71 bits per heavy atom. The molecule has 1 saturated heterocycles. The van der Waals surface area contributed by atoms with E-state index in [0.29, 0.717) is 17.9 Å². The van der Waals surface area contributed by atoms with Gasteiger partial charge in [0.05, 0.1) is 16.3 Å². The first-order valence-corrected chi connectivity index (χ1v) is 13.1. The van der Waals surface area contributed by atoms with Crippen molar-refractivity contribution in [3.05, 3.63) is 77.1 Å². The fourth-order valence-corrected chi connectivity index (χ4v) is 5.66. The summed E-state index contributed by atoms with van der Waals surface area (Å²) in [5.41, 5.74) is 11.5. The molecule has 2 heterocycles. The van der Waals surface area contributed by atoms with E-state index in [-0.39, 0.29) is 17.5 Å². The number of aryl methyl sites for hydroxylation is 3. The second-order valence-electron chi connectivity index (χ2n) is 9.42. The fraction of sp³-hybridized carbons (Fsp3) is 0.241. The monoisotopic (exact) mass is 528 g/mol. The Hall–Kier alpha value is -4.11. The molecule has 9 heteroatoms. The lowest BCUT2D eigenvalue weighted by atomic mass is 10.00. The number of anilines is 1. The molecule has 0 aliphatic carbocycles. The molecule has 0 bridgehead atoms. The SMILES string of the molecule is Cc1cc(Oc2ccc3nc(COc4ccc(CC5SC(=O)C(C=N)C5=O)cc4)n(C)c3c2)cc(C)c1N. The quantitative estimate of drug-likeness (QED) is 0.184. The minimum absolute atomic E-state index is 0.190. The minimum Gasteiger partial charge on any atom is -0.486 e. The van der Waals surface area contributed by atoms with Crippen molar-refractivity contribution in [1.82, 2.24) is 9.55 Å². The van der Waals surface area contributed by atoms with E-state index in [1.54, 1.807) is 0 Å². The van der Waals surface area contributed by atoms with Crippen molar-refractivity contribution < 1.29 is 19.1 Å². The van der Waals surface area contributed by atoms with Gasteiger partial charge in [0.2, 0.25) is 5.12 Å². The Labute approximate surface area is 224 Å². The standard InChI is InChI=1S/C29H28N4O4S/c1-16-10-21(11-17(2)27(16)31)37-20-8-9-23-24(13-20)33(3)26(32-23)15-36-19-6-4-18(5-7-19)12-25-28(34)22(14-30)29(35)38-25/h4-11,13-14,22,25,30H,12,15,31H2,1-3H3. The smallest absolute Gasteiger partial charge is 0.205 e. The molecule has 0 radical (unpaired) electrons. The normalized spacial score (nSPS) is 17.2. The van der Waals surface area contributed by atoms with Crippen molar-refractivity contribution in [3.8, 4) is 17.2 Å². The molecule has 0 spiro atoms. The highest BCUT2D eigenvalue weighted by molar-refractivity contribution is 8.15. The topological polar surface area (TPSA) is 120 Å². The van der Waals surface area contributed by atoms with Gasteiger partial charge in [0, 0.05) is 25.0 Å². The summed E-state index contributed by atoms with van der Waals surface area (Å²) in [7, 11) is 1.94. The van der Waals surface area contributed by atoms with Crippen LogP contribution in [0.1, 0.15) is 22.5 Å². The number of ketones is 1. The molecule has 2 atom stereocenters. The average molecular weight is 529 g/mol. The summed E-state index contributed by atoms with van der Waals surface area (Å²) in [6.07, 6.45) is 1.38. The van der Waals surface area contributed by atoms with Crippen molar-refractivity contribution in [3.63, 3.8) is 0 Å². The number of nitrogen functional groups attached to an aromatic ring is 1. The van der Waals surface area contributed by atoms with Crippen LogP contribution in [-0.4, -0.2) is 31.9 Å². The summed E-state index contributed by atoms with van der Waals surface area (Å²) in [5.74, 6) is 1.79. The number of ether oxygens (including phenoxy) is 2. The number of fused-ring (bicyclic) bond motifs is 1. The molecule has 4 aromatic rings. The maximum atomic E-state index is 12.3. The third-order valence-corrected chi connectivity index (χ3v) is 7.93. The van der Waals surface area contributed by atoms with Gasteiger partial charge in [0.1, 0.15) is 35.6 Å². The number of nitrogens with one attached hydrogen (secondary N) is 1. The third-order valence-electron chi connectivity index (χ3n) is 6.76. The van der Waals surface area contributed by atoms with E-state index in [4.69, 9.17) is 25.6 Å². The lowest BCUT2D eigenvalue weighted by molar-refractivity contribution is -0.123. The van der Waals surface area contributed by atoms with Gasteiger partial charge in [0.15, 0.2) is 5.78 Å². The molecule has 1 aliphatic heterocycles. The summed E-state index contributed by atoms with van der Waals surface area (Å²) in [6, 6.07) is 17.1. The third kappa shape index (κ3) is 5.02. The molecule has 1 aliphatic rings. The van der Waals surface area contributed by atoms with Gasteiger partial charge >= 0.3 is 0 Å². The zero-order chi connectivity index (χ0) is 27.0. The van der Waals surface area contributed by atoms with E-state index in [2.05, 4.69) is 0 Å². The molecule has 8 nitrogen and oxygen atoms in total. The molecule has 2 unspecified atom stereocenters. The molecule has 0 saturated carbocycles. The van der Waals surface area contributed by atoms with Crippen LogP contribution in [-0.2, 0) is 29.7 Å². The molecule has 5 rings (SSSR count). The summed E-state index contributed by atoms with van der Waals surface area (Å²) in [5, 5.41) is 6.60. The van der Waals surface area contributed by atoms with Crippen LogP contribution in [0.15, 0.2) is 54.6 Å². The number of aromatic nitrogens is 2. The number of hydrogen-bond donors (Lipinski definition) is 2. The Balaban J connectivity index is 1.24. The number of imidazole rings is 1. The number of thioether (sulfide) groups is 1. The van der Waals surface area contributed by atoms with E-state index < -0.39 is 11.2 Å². The van der Waals surface area contributed by atoms with Gasteiger partial charge in [-0.15, -0.1) is 0 Å². The summed E-state index contributed by atoms with van der Waals surface area (Å²) >= 11 is 1.02. The van der Waals surface area contributed by atoms with E-state index in [9.17, 15) is 9.59 Å². The van der Waals surface area contributed by atoms with E-state index in [1.165, 1.54) is 0 Å². The zero-order valence-corrected chi connectivity index (χ0v) is 22.2. The number of carbonyl (C=O) groups excluding carboxylic acids is 2. The van der Waals surface area contributed by atoms with Gasteiger partial charge in [-0.25, -0.2) is 4.98 Å². The van der Waals surface area contributed by atoms with Crippen LogP contribution < -0.4 is 15.2 Å². The first kappa shape index (κ1) is 25.5. The van der Waals surface area contributed by atoms with Crippen LogP contribution in [0.4, 0.5) is 5.69 Å². The van der Waals surface area contributed by atoms with E-state index in [1.807, 2.05) is 80.1 Å². The van der Waals surface area contributed by atoms with Gasteiger partial charge in [0.25, 0.3) is 0 Å². The van der Waals surface area contributed by atoms with Crippen LogP contribution in [0, 0.1) is 25.2 Å². The summed E-state index contributed by atoms with van der Waals surface area (Å²) in [6.45, 7) is 4.21. The Bertz CT molecular complexity index is 1540. The van der Waals surface area contributed by atoms with Crippen LogP contribution in [0.25, 0.3) is 11.0 Å². The molecule has 1 aromatic heterocycles. The minimum atomic E-state index is -0.908. The van der Waals surface area contributed by atoms with Gasteiger partial charge in [-0.05, 0) is 73.4 Å². The maximum Gasteiger partial charge on any atom is 0.205 e. The molecular formula is C29H28N4O4S. The first-order valence-electron chi connectivity index (χ1n) is 12.2. The second-order valence-corrected chi connectivity index (χ2v) is 10.6. The molecule has 38 heavy (non-hydrogen) atoms. The number of carbonyl (C=O) groups is 2. The predicted octanol–water partition coefficient (Wildman–Crippen LogP) is 5.16. The Morgan fingerprint density at radius 3 is 2.37 bits per heavy atom. The van der Waals surface area contributed by atoms with Gasteiger partial charge < -0.3 is 25.2 Å². The fourth-order valence-electron chi connectivity index (χ4n) is 4.51. The number of nitrogens with zero attached hydrogens (tertiary/aromatic N) is 2. The van der Waals surface area contributed by atoms with Crippen molar-refractivity contribution >= 4 is 45.6 Å². The Kier molecular flexibility index (Phi) is 6.94. The predicted molar refractivity (Wildman–Crippen MR) is 149 cm³/mol. The molecule has 0 amide bonds. The lowest BCUT2D eigenvalue weighted by Crippen LogP contribution is -2.22. The van der Waals surface area contributed by atoms with E-state index >= 15 is 0 Å². The summed E-state index contributed by atoms with van der Waals surface area (Å²) in [4.78, 5) is 28.9. The number of rotatable bonds is 8. The van der Waals surface area contributed by atoms with E-state index in [0.717, 1.165) is 63.0 Å². The van der Waals surface area contributed by atoms with Crippen molar-refractivity contribution in [2.24, 2.45) is 13.0 Å². The van der Waals surface area contributed by atoms with Gasteiger partial charge in [-0.1, -0.05) is 23.9 Å². The van der Waals surface area contributed by atoms with Crippen LogP contribution in [0.3, 0.4) is 0 Å². The first-order chi connectivity index (χ1) is 18.2.